The van der Waals surface area contributed by atoms with E-state index in [1.807, 2.05) is 12.1 Å². The van der Waals surface area contributed by atoms with Gasteiger partial charge in [0.2, 0.25) is 0 Å². The summed E-state index contributed by atoms with van der Waals surface area (Å²) >= 11 is 0. The van der Waals surface area contributed by atoms with Crippen molar-refractivity contribution in [1.82, 2.24) is 15.5 Å². The fourth-order valence-corrected chi connectivity index (χ4v) is 2.97. The van der Waals surface area contributed by atoms with Gasteiger partial charge in [0.1, 0.15) is 11.6 Å². The first-order chi connectivity index (χ1) is 11.1. The molecule has 2 aromatic rings. The third-order valence-electron chi connectivity index (χ3n) is 4.49. The predicted molar refractivity (Wildman–Crippen MR) is 85.8 cm³/mol. The molecule has 2 N–H and O–H groups in total. The quantitative estimate of drug-likeness (QED) is 0.890. The summed E-state index contributed by atoms with van der Waals surface area (Å²) in [5.74, 6) is 0.154. The minimum Gasteiger partial charge on any atom is -0.368 e. The van der Waals surface area contributed by atoms with Gasteiger partial charge < -0.3 is 10.6 Å². The van der Waals surface area contributed by atoms with Crippen LogP contribution in [0.1, 0.15) is 35.3 Å². The van der Waals surface area contributed by atoms with Crippen molar-refractivity contribution in [3.8, 4) is 0 Å². The predicted octanol–water partition coefficient (Wildman–Crippen LogP) is 2.51. The number of aromatic nitrogens is 2. The van der Waals surface area contributed by atoms with E-state index in [0.717, 1.165) is 24.8 Å². The third-order valence-corrected chi connectivity index (χ3v) is 4.49. The van der Waals surface area contributed by atoms with Crippen LogP contribution in [-0.2, 0) is 5.41 Å². The maximum atomic E-state index is 14.1. The smallest absolute Gasteiger partial charge is 0.271 e. The van der Waals surface area contributed by atoms with Gasteiger partial charge in [0.15, 0.2) is 5.69 Å². The number of carbonyl (C=O) groups excluding carboxylic acids is 1. The Kier molecular flexibility index (Phi) is 4.23. The molecule has 23 heavy (non-hydrogen) atoms. The summed E-state index contributed by atoms with van der Waals surface area (Å²) in [6, 6.07) is 10.3. The van der Waals surface area contributed by atoms with Gasteiger partial charge in [-0.2, -0.15) is 0 Å². The van der Waals surface area contributed by atoms with Crippen LogP contribution in [0, 0.1) is 5.82 Å². The summed E-state index contributed by atoms with van der Waals surface area (Å²) in [7, 11) is 1.55. The van der Waals surface area contributed by atoms with Crippen molar-refractivity contribution in [3.63, 3.8) is 0 Å². The van der Waals surface area contributed by atoms with Crippen molar-refractivity contribution in [2.45, 2.75) is 24.7 Å². The van der Waals surface area contributed by atoms with Crippen LogP contribution < -0.4 is 10.6 Å². The van der Waals surface area contributed by atoms with Gasteiger partial charge in [-0.1, -0.05) is 24.6 Å². The highest BCUT2D eigenvalue weighted by Crippen LogP contribution is 2.44. The van der Waals surface area contributed by atoms with Crippen molar-refractivity contribution >= 4 is 11.7 Å². The number of anilines is 1. The van der Waals surface area contributed by atoms with Crippen LogP contribution in [0.5, 0.6) is 0 Å². The van der Waals surface area contributed by atoms with Gasteiger partial charge in [-0.25, -0.2) is 4.39 Å². The van der Waals surface area contributed by atoms with Gasteiger partial charge in [-0.15, -0.1) is 10.2 Å². The average Bonchev–Trinajstić information content (AvgIpc) is 2.55. The molecule has 1 aromatic carbocycles. The van der Waals surface area contributed by atoms with Crippen molar-refractivity contribution < 1.29 is 9.18 Å². The number of hydrogen-bond acceptors (Lipinski definition) is 4. The molecule has 1 aliphatic rings. The number of nitrogens with zero attached hydrogens (tertiary/aromatic N) is 2. The van der Waals surface area contributed by atoms with Crippen molar-refractivity contribution in [3.05, 3.63) is 53.5 Å². The number of benzene rings is 1. The van der Waals surface area contributed by atoms with E-state index in [9.17, 15) is 9.18 Å². The fraction of sp³-hybridized carbons (Fsp3) is 0.353. The Labute approximate surface area is 134 Å². The Hall–Kier alpha value is -2.50. The van der Waals surface area contributed by atoms with Crippen molar-refractivity contribution in [2.75, 3.05) is 18.9 Å². The van der Waals surface area contributed by atoms with Gasteiger partial charge in [0.25, 0.3) is 5.91 Å². The lowest BCUT2D eigenvalue weighted by molar-refractivity contribution is 0.0957. The second kappa shape index (κ2) is 6.32. The lowest BCUT2D eigenvalue weighted by Crippen LogP contribution is -2.41. The Morgan fingerprint density at radius 1 is 1.22 bits per heavy atom. The zero-order valence-electron chi connectivity index (χ0n) is 13.0. The van der Waals surface area contributed by atoms with E-state index >= 15 is 0 Å². The molecular formula is C17H19FN4O. The zero-order chi connectivity index (χ0) is 16.3. The fourth-order valence-electron chi connectivity index (χ4n) is 2.97. The first kappa shape index (κ1) is 15.4. The number of amides is 1. The summed E-state index contributed by atoms with van der Waals surface area (Å²) in [4.78, 5) is 11.4. The highest BCUT2D eigenvalue weighted by molar-refractivity contribution is 5.91. The van der Waals surface area contributed by atoms with Gasteiger partial charge in [-0.05, 0) is 36.6 Å². The molecule has 1 saturated carbocycles. The van der Waals surface area contributed by atoms with E-state index in [-0.39, 0.29) is 22.8 Å². The number of hydrogen-bond donors (Lipinski definition) is 2. The van der Waals surface area contributed by atoms with Gasteiger partial charge in [0.05, 0.1) is 0 Å². The number of nitrogens with one attached hydrogen (secondary N) is 2. The molecule has 120 valence electrons. The van der Waals surface area contributed by atoms with E-state index in [1.54, 1.807) is 25.2 Å². The molecule has 5 nitrogen and oxygen atoms in total. The minimum absolute atomic E-state index is 0.157. The maximum absolute atomic E-state index is 14.1. The highest BCUT2D eigenvalue weighted by atomic mass is 19.1. The molecule has 0 saturated heterocycles. The molecule has 1 aromatic heterocycles. The Bertz CT molecular complexity index is 698. The van der Waals surface area contributed by atoms with Gasteiger partial charge in [-0.3, -0.25) is 4.79 Å². The molecule has 0 radical (unpaired) electrons. The largest absolute Gasteiger partial charge is 0.368 e. The molecule has 0 aliphatic heterocycles. The second-order valence-electron chi connectivity index (χ2n) is 5.85. The highest BCUT2D eigenvalue weighted by Gasteiger charge is 2.40. The number of rotatable bonds is 5. The first-order valence-corrected chi connectivity index (χ1v) is 7.69. The molecule has 3 rings (SSSR count). The van der Waals surface area contributed by atoms with Crippen LogP contribution in [0.2, 0.25) is 0 Å². The SMILES string of the molecule is CNC(=O)c1ccc(NCC2(c3ccccc3F)CCC2)nn1. The monoisotopic (exact) mass is 314 g/mol. The molecule has 0 unspecified atom stereocenters. The van der Waals surface area contributed by atoms with Crippen molar-refractivity contribution in [1.29, 1.82) is 0 Å². The molecular weight excluding hydrogens is 295 g/mol. The van der Waals surface area contributed by atoms with E-state index in [4.69, 9.17) is 0 Å². The Morgan fingerprint density at radius 2 is 2.00 bits per heavy atom. The normalized spacial score (nSPS) is 15.6. The Morgan fingerprint density at radius 3 is 2.57 bits per heavy atom. The third kappa shape index (κ3) is 3.02. The molecule has 6 heteroatoms. The Balaban J connectivity index is 1.71. The maximum Gasteiger partial charge on any atom is 0.271 e. The van der Waals surface area contributed by atoms with Crippen LogP contribution in [0.25, 0.3) is 0 Å². The minimum atomic E-state index is -0.272. The van der Waals surface area contributed by atoms with Gasteiger partial charge in [0, 0.05) is 19.0 Å². The summed E-state index contributed by atoms with van der Waals surface area (Å²) < 4.78 is 14.1. The summed E-state index contributed by atoms with van der Waals surface area (Å²) in [6.45, 7) is 0.599. The second-order valence-corrected chi connectivity index (χ2v) is 5.85. The zero-order valence-corrected chi connectivity index (χ0v) is 13.0. The molecule has 1 heterocycles. The summed E-state index contributed by atoms with van der Waals surface area (Å²) in [5.41, 5.74) is 0.839. The molecule has 1 aliphatic carbocycles. The van der Waals surface area contributed by atoms with Gasteiger partial charge >= 0.3 is 0 Å². The molecule has 0 bridgehead atoms. The number of carbonyl (C=O) groups is 1. The standard InChI is InChI=1S/C17H19FN4O/c1-19-16(23)14-7-8-15(22-21-14)20-11-17(9-4-10-17)12-5-2-3-6-13(12)18/h2-3,5-8H,4,9-11H2,1H3,(H,19,23)(H,20,22). The van der Waals surface area contributed by atoms with Crippen LogP contribution in [-0.4, -0.2) is 29.7 Å². The first-order valence-electron chi connectivity index (χ1n) is 7.69. The van der Waals surface area contributed by atoms with E-state index < -0.39 is 0 Å². The van der Waals surface area contributed by atoms with E-state index in [0.29, 0.717) is 12.4 Å². The molecule has 1 amide bonds. The van der Waals surface area contributed by atoms with E-state index in [2.05, 4.69) is 20.8 Å². The van der Waals surface area contributed by atoms with E-state index in [1.165, 1.54) is 6.07 Å². The topological polar surface area (TPSA) is 66.9 Å². The van der Waals surface area contributed by atoms with Crippen LogP contribution >= 0.6 is 0 Å². The summed E-state index contributed by atoms with van der Waals surface area (Å²) in [6.07, 6.45) is 2.99. The average molecular weight is 314 g/mol. The van der Waals surface area contributed by atoms with Crippen LogP contribution in [0.4, 0.5) is 10.2 Å². The lowest BCUT2D eigenvalue weighted by atomic mass is 9.64. The van der Waals surface area contributed by atoms with Crippen LogP contribution in [0.3, 0.4) is 0 Å². The lowest BCUT2D eigenvalue weighted by Gasteiger charge is -2.42. The molecule has 0 atom stereocenters. The molecule has 0 spiro atoms. The van der Waals surface area contributed by atoms with Crippen molar-refractivity contribution in [2.24, 2.45) is 0 Å². The van der Waals surface area contributed by atoms with Crippen LogP contribution in [0.15, 0.2) is 36.4 Å². The number of halogens is 1. The summed E-state index contributed by atoms with van der Waals surface area (Å²) in [5, 5.41) is 13.6. The molecule has 1 fully saturated rings.